The fourth-order valence-corrected chi connectivity index (χ4v) is 2.24. The molecule has 1 aromatic rings. The van der Waals surface area contributed by atoms with Gasteiger partial charge in [-0.3, -0.25) is 9.59 Å². The van der Waals surface area contributed by atoms with Crippen LogP contribution in [0.5, 0.6) is 0 Å². The van der Waals surface area contributed by atoms with Gasteiger partial charge in [0.25, 0.3) is 0 Å². The first-order valence-electron chi connectivity index (χ1n) is 6.71. The lowest BCUT2D eigenvalue weighted by atomic mass is 10.1. The molecule has 21 heavy (non-hydrogen) atoms. The van der Waals surface area contributed by atoms with Crippen LogP contribution in [0.25, 0.3) is 0 Å². The molecule has 1 heterocycles. The Morgan fingerprint density at radius 3 is 2.81 bits per heavy atom. The maximum absolute atomic E-state index is 12.1. The predicted octanol–water partition coefficient (Wildman–Crippen LogP) is 0.992. The standard InChI is InChI=1S/C15H17N3O3/c1-21-7-6-18-10-12(8-14(18)19)15(20)17-13-4-2-11(9-16)3-5-13/h2-5,12H,6-8,10H2,1H3,(H,17,20). The van der Waals surface area contributed by atoms with E-state index in [4.69, 9.17) is 10.00 Å². The minimum absolute atomic E-state index is 0.0213. The van der Waals surface area contributed by atoms with Crippen molar-refractivity contribution in [2.24, 2.45) is 5.92 Å². The van der Waals surface area contributed by atoms with Crippen molar-refractivity contribution in [3.05, 3.63) is 29.8 Å². The molecule has 1 fully saturated rings. The van der Waals surface area contributed by atoms with Crippen molar-refractivity contribution in [2.45, 2.75) is 6.42 Å². The highest BCUT2D eigenvalue weighted by molar-refractivity contribution is 5.97. The number of nitrogens with one attached hydrogen (secondary N) is 1. The number of ether oxygens (including phenoxy) is 1. The molecule has 1 unspecified atom stereocenters. The zero-order valence-electron chi connectivity index (χ0n) is 11.8. The first kappa shape index (κ1) is 15.0. The number of hydrogen-bond donors (Lipinski definition) is 1. The van der Waals surface area contributed by atoms with Crippen LogP contribution in [0.15, 0.2) is 24.3 Å². The van der Waals surface area contributed by atoms with Gasteiger partial charge < -0.3 is 15.0 Å². The Morgan fingerprint density at radius 2 is 2.19 bits per heavy atom. The number of carbonyl (C=O) groups excluding carboxylic acids is 2. The first-order chi connectivity index (χ1) is 10.1. The number of carbonyl (C=O) groups is 2. The topological polar surface area (TPSA) is 82.4 Å². The van der Waals surface area contributed by atoms with Crippen molar-refractivity contribution in [1.29, 1.82) is 5.26 Å². The SMILES string of the molecule is COCCN1CC(C(=O)Nc2ccc(C#N)cc2)CC1=O. The normalized spacial score (nSPS) is 17.6. The molecule has 6 heteroatoms. The highest BCUT2D eigenvalue weighted by atomic mass is 16.5. The number of methoxy groups -OCH3 is 1. The van der Waals surface area contributed by atoms with Crippen molar-refractivity contribution in [1.82, 2.24) is 4.90 Å². The molecule has 0 bridgehead atoms. The van der Waals surface area contributed by atoms with Gasteiger partial charge in [0, 0.05) is 32.3 Å². The van der Waals surface area contributed by atoms with Crippen LogP contribution in [-0.4, -0.2) is 43.5 Å². The molecule has 1 N–H and O–H groups in total. The lowest BCUT2D eigenvalue weighted by Crippen LogP contribution is -2.30. The molecule has 6 nitrogen and oxygen atoms in total. The van der Waals surface area contributed by atoms with E-state index in [1.807, 2.05) is 6.07 Å². The van der Waals surface area contributed by atoms with Crippen LogP contribution in [0, 0.1) is 17.2 Å². The molecule has 0 aromatic heterocycles. The summed E-state index contributed by atoms with van der Waals surface area (Å²) in [6, 6.07) is 8.65. The zero-order chi connectivity index (χ0) is 15.2. The van der Waals surface area contributed by atoms with Gasteiger partial charge in [0.1, 0.15) is 0 Å². The largest absolute Gasteiger partial charge is 0.383 e. The van der Waals surface area contributed by atoms with Gasteiger partial charge in [-0.25, -0.2) is 0 Å². The Balaban J connectivity index is 1.91. The van der Waals surface area contributed by atoms with Crippen LogP contribution in [0.3, 0.4) is 0 Å². The molecule has 0 spiro atoms. The molecule has 1 aliphatic heterocycles. The monoisotopic (exact) mass is 287 g/mol. The van der Waals surface area contributed by atoms with Gasteiger partial charge in [0.05, 0.1) is 24.2 Å². The van der Waals surface area contributed by atoms with E-state index >= 15 is 0 Å². The maximum Gasteiger partial charge on any atom is 0.229 e. The van der Waals surface area contributed by atoms with Crippen molar-refractivity contribution in [3.63, 3.8) is 0 Å². The van der Waals surface area contributed by atoms with Crippen molar-refractivity contribution in [2.75, 3.05) is 32.1 Å². The van der Waals surface area contributed by atoms with Crippen molar-refractivity contribution >= 4 is 17.5 Å². The van der Waals surface area contributed by atoms with Crippen LogP contribution in [0.1, 0.15) is 12.0 Å². The molecule has 1 saturated heterocycles. The van der Waals surface area contributed by atoms with Crippen LogP contribution in [0.4, 0.5) is 5.69 Å². The van der Waals surface area contributed by atoms with Gasteiger partial charge in [-0.1, -0.05) is 0 Å². The van der Waals surface area contributed by atoms with E-state index in [9.17, 15) is 9.59 Å². The van der Waals surface area contributed by atoms with E-state index in [0.717, 1.165) is 0 Å². The number of anilines is 1. The predicted molar refractivity (Wildman–Crippen MR) is 76.3 cm³/mol. The third-order valence-electron chi connectivity index (χ3n) is 3.43. The molecule has 0 radical (unpaired) electrons. The molecule has 0 aliphatic carbocycles. The minimum atomic E-state index is -0.343. The van der Waals surface area contributed by atoms with Gasteiger partial charge in [-0.05, 0) is 24.3 Å². The highest BCUT2D eigenvalue weighted by Gasteiger charge is 2.33. The Bertz CT molecular complexity index is 563. The average molecular weight is 287 g/mol. The summed E-state index contributed by atoms with van der Waals surface area (Å²) < 4.78 is 4.94. The van der Waals surface area contributed by atoms with Gasteiger partial charge in [0.15, 0.2) is 0 Å². The average Bonchev–Trinajstić information content (AvgIpc) is 2.87. The third-order valence-corrected chi connectivity index (χ3v) is 3.43. The second-order valence-electron chi connectivity index (χ2n) is 4.91. The molecule has 2 amide bonds. The van der Waals surface area contributed by atoms with E-state index in [0.29, 0.717) is 30.9 Å². The number of amides is 2. The number of nitrogens with zero attached hydrogens (tertiary/aromatic N) is 2. The molecule has 1 aliphatic rings. The van der Waals surface area contributed by atoms with E-state index in [1.165, 1.54) is 0 Å². The van der Waals surface area contributed by atoms with Crippen LogP contribution in [0.2, 0.25) is 0 Å². The number of nitriles is 1. The maximum atomic E-state index is 12.1. The Hall–Kier alpha value is -2.39. The number of hydrogen-bond acceptors (Lipinski definition) is 4. The number of likely N-dealkylation sites (tertiary alicyclic amines) is 1. The van der Waals surface area contributed by atoms with Gasteiger partial charge in [-0.15, -0.1) is 0 Å². The molecule has 0 saturated carbocycles. The summed E-state index contributed by atoms with van der Waals surface area (Å²) in [6.07, 6.45) is 0.228. The molecule has 1 atom stereocenters. The van der Waals surface area contributed by atoms with Gasteiger partial charge in [0.2, 0.25) is 11.8 Å². The van der Waals surface area contributed by atoms with E-state index in [1.54, 1.807) is 36.3 Å². The number of rotatable bonds is 5. The summed E-state index contributed by atoms with van der Waals surface area (Å²) in [6.45, 7) is 1.40. The van der Waals surface area contributed by atoms with E-state index in [2.05, 4.69) is 5.32 Å². The summed E-state index contributed by atoms with van der Waals surface area (Å²) >= 11 is 0. The third kappa shape index (κ3) is 3.80. The van der Waals surface area contributed by atoms with Gasteiger partial charge >= 0.3 is 0 Å². The summed E-state index contributed by atoms with van der Waals surface area (Å²) in [7, 11) is 1.58. The Labute approximate surface area is 123 Å². The smallest absolute Gasteiger partial charge is 0.229 e. The fourth-order valence-electron chi connectivity index (χ4n) is 2.24. The summed E-state index contributed by atoms with van der Waals surface area (Å²) in [5.74, 6) is -0.537. The summed E-state index contributed by atoms with van der Waals surface area (Å²) in [5, 5.41) is 11.5. The molecule has 110 valence electrons. The van der Waals surface area contributed by atoms with E-state index < -0.39 is 0 Å². The second-order valence-corrected chi connectivity index (χ2v) is 4.91. The van der Waals surface area contributed by atoms with Crippen molar-refractivity contribution < 1.29 is 14.3 Å². The van der Waals surface area contributed by atoms with E-state index in [-0.39, 0.29) is 24.2 Å². The van der Waals surface area contributed by atoms with Crippen LogP contribution < -0.4 is 5.32 Å². The molecule has 2 rings (SSSR count). The zero-order valence-corrected chi connectivity index (χ0v) is 11.8. The Kier molecular flexibility index (Phi) is 4.90. The quantitative estimate of drug-likeness (QED) is 0.875. The van der Waals surface area contributed by atoms with Crippen molar-refractivity contribution in [3.8, 4) is 6.07 Å². The second kappa shape index (κ2) is 6.86. The van der Waals surface area contributed by atoms with Gasteiger partial charge in [-0.2, -0.15) is 5.26 Å². The Morgan fingerprint density at radius 1 is 1.48 bits per heavy atom. The van der Waals surface area contributed by atoms with Crippen LogP contribution >= 0.6 is 0 Å². The highest BCUT2D eigenvalue weighted by Crippen LogP contribution is 2.20. The molecule has 1 aromatic carbocycles. The minimum Gasteiger partial charge on any atom is -0.383 e. The molecular formula is C15H17N3O3. The lowest BCUT2D eigenvalue weighted by molar-refractivity contribution is -0.128. The summed E-state index contributed by atoms with van der Waals surface area (Å²) in [5.41, 5.74) is 1.16. The summed E-state index contributed by atoms with van der Waals surface area (Å²) in [4.78, 5) is 25.6. The molecular weight excluding hydrogens is 270 g/mol. The number of benzene rings is 1. The lowest BCUT2D eigenvalue weighted by Gasteiger charge is -2.15. The fraction of sp³-hybridized carbons (Fsp3) is 0.400. The first-order valence-corrected chi connectivity index (χ1v) is 6.71. The van der Waals surface area contributed by atoms with Crippen LogP contribution in [-0.2, 0) is 14.3 Å².